The van der Waals surface area contributed by atoms with E-state index < -0.39 is 0 Å². The third-order valence-electron chi connectivity index (χ3n) is 4.14. The zero-order valence-electron chi connectivity index (χ0n) is 12.8. The summed E-state index contributed by atoms with van der Waals surface area (Å²) in [6, 6.07) is 24.8. The standard InChI is InChI=1S/C20H14N2O2/c23-22(24)19-12-5-4-10-17(19)18-11-6-7-15-13-14-21(20(15)18)16-8-2-1-3-9-16/h1-14H. The molecule has 4 aromatic rings. The summed E-state index contributed by atoms with van der Waals surface area (Å²) in [5, 5.41) is 12.5. The Morgan fingerprint density at radius 2 is 1.46 bits per heavy atom. The number of nitro benzene ring substituents is 1. The number of rotatable bonds is 3. The summed E-state index contributed by atoms with van der Waals surface area (Å²) in [5.74, 6) is 0. The van der Waals surface area contributed by atoms with Crippen molar-refractivity contribution in [3.63, 3.8) is 0 Å². The van der Waals surface area contributed by atoms with Crippen LogP contribution in [0.15, 0.2) is 85.1 Å². The van der Waals surface area contributed by atoms with Crippen molar-refractivity contribution < 1.29 is 4.92 Å². The van der Waals surface area contributed by atoms with Gasteiger partial charge in [0.2, 0.25) is 0 Å². The van der Waals surface area contributed by atoms with Crippen LogP contribution in [0.4, 0.5) is 5.69 Å². The molecular weight excluding hydrogens is 300 g/mol. The van der Waals surface area contributed by atoms with Crippen LogP contribution < -0.4 is 0 Å². The summed E-state index contributed by atoms with van der Waals surface area (Å²) in [6.07, 6.45) is 2.00. The fourth-order valence-corrected chi connectivity index (χ4v) is 3.08. The van der Waals surface area contributed by atoms with E-state index in [-0.39, 0.29) is 10.6 Å². The maximum absolute atomic E-state index is 11.4. The molecule has 0 atom stereocenters. The molecule has 0 amide bonds. The van der Waals surface area contributed by atoms with E-state index in [1.165, 1.54) is 0 Å². The van der Waals surface area contributed by atoms with Gasteiger partial charge in [-0.15, -0.1) is 0 Å². The van der Waals surface area contributed by atoms with Crippen molar-refractivity contribution in [2.45, 2.75) is 0 Å². The molecule has 116 valence electrons. The van der Waals surface area contributed by atoms with Crippen LogP contribution >= 0.6 is 0 Å². The lowest BCUT2D eigenvalue weighted by Gasteiger charge is -2.10. The molecule has 1 heterocycles. The first kappa shape index (κ1) is 14.2. The van der Waals surface area contributed by atoms with Crippen LogP contribution in [-0.4, -0.2) is 9.49 Å². The Labute approximate surface area is 138 Å². The smallest absolute Gasteiger partial charge is 0.277 e. The molecule has 0 saturated heterocycles. The predicted octanol–water partition coefficient (Wildman–Crippen LogP) is 5.21. The number of benzene rings is 3. The van der Waals surface area contributed by atoms with E-state index in [1.807, 2.05) is 66.9 Å². The lowest BCUT2D eigenvalue weighted by molar-refractivity contribution is -0.384. The normalized spacial score (nSPS) is 10.8. The first-order valence-corrected chi connectivity index (χ1v) is 7.65. The van der Waals surface area contributed by atoms with Gasteiger partial charge in [0, 0.05) is 28.9 Å². The summed E-state index contributed by atoms with van der Waals surface area (Å²) in [7, 11) is 0. The maximum atomic E-state index is 11.4. The summed E-state index contributed by atoms with van der Waals surface area (Å²) in [5.41, 5.74) is 3.60. The SMILES string of the molecule is O=[N+]([O-])c1ccccc1-c1cccc2ccn(-c3ccccc3)c12. The molecular formula is C20H14N2O2. The molecule has 1 aromatic heterocycles. The van der Waals surface area contributed by atoms with Crippen molar-refractivity contribution in [3.05, 3.63) is 95.2 Å². The Balaban J connectivity index is 2.05. The minimum Gasteiger partial charge on any atom is -0.316 e. The summed E-state index contributed by atoms with van der Waals surface area (Å²) in [4.78, 5) is 11.1. The molecule has 0 saturated carbocycles. The highest BCUT2D eigenvalue weighted by Gasteiger charge is 2.18. The van der Waals surface area contributed by atoms with Gasteiger partial charge in [-0.2, -0.15) is 0 Å². The van der Waals surface area contributed by atoms with Crippen LogP contribution in [0.1, 0.15) is 0 Å². The van der Waals surface area contributed by atoms with Crippen LogP contribution in [0.5, 0.6) is 0 Å². The minimum atomic E-state index is -0.329. The average Bonchev–Trinajstić information content (AvgIpc) is 3.06. The number of para-hydroxylation sites is 3. The van der Waals surface area contributed by atoms with E-state index in [2.05, 4.69) is 4.57 Å². The monoisotopic (exact) mass is 314 g/mol. The van der Waals surface area contributed by atoms with E-state index in [1.54, 1.807) is 18.2 Å². The van der Waals surface area contributed by atoms with Crippen LogP contribution in [0.25, 0.3) is 27.7 Å². The number of nitrogens with zero attached hydrogens (tertiary/aromatic N) is 2. The fourth-order valence-electron chi connectivity index (χ4n) is 3.08. The van der Waals surface area contributed by atoms with Gasteiger partial charge >= 0.3 is 0 Å². The number of hydrogen-bond donors (Lipinski definition) is 0. The van der Waals surface area contributed by atoms with Gasteiger partial charge in [-0.1, -0.05) is 48.5 Å². The van der Waals surface area contributed by atoms with Crippen LogP contribution in [-0.2, 0) is 0 Å². The number of aromatic nitrogens is 1. The molecule has 0 aliphatic carbocycles. The third-order valence-corrected chi connectivity index (χ3v) is 4.14. The van der Waals surface area contributed by atoms with Gasteiger partial charge in [-0.05, 0) is 24.3 Å². The highest BCUT2D eigenvalue weighted by molar-refractivity contribution is 5.97. The van der Waals surface area contributed by atoms with E-state index >= 15 is 0 Å². The zero-order valence-corrected chi connectivity index (χ0v) is 12.8. The summed E-state index contributed by atoms with van der Waals surface area (Å²) < 4.78 is 2.07. The van der Waals surface area contributed by atoms with Crippen molar-refractivity contribution >= 4 is 16.6 Å². The average molecular weight is 314 g/mol. The van der Waals surface area contributed by atoms with Gasteiger partial charge in [0.05, 0.1) is 16.0 Å². The first-order valence-electron chi connectivity index (χ1n) is 7.65. The second kappa shape index (κ2) is 5.66. The number of hydrogen-bond acceptors (Lipinski definition) is 2. The Kier molecular flexibility index (Phi) is 3.35. The van der Waals surface area contributed by atoms with Crippen molar-refractivity contribution in [1.82, 2.24) is 4.57 Å². The van der Waals surface area contributed by atoms with Crippen molar-refractivity contribution in [2.75, 3.05) is 0 Å². The lowest BCUT2D eigenvalue weighted by atomic mass is 10.0. The van der Waals surface area contributed by atoms with Crippen molar-refractivity contribution in [3.8, 4) is 16.8 Å². The molecule has 0 aliphatic rings. The molecule has 0 bridgehead atoms. The van der Waals surface area contributed by atoms with Gasteiger partial charge in [-0.25, -0.2) is 0 Å². The molecule has 3 aromatic carbocycles. The Morgan fingerprint density at radius 3 is 2.25 bits per heavy atom. The van der Waals surface area contributed by atoms with E-state index in [0.717, 1.165) is 22.2 Å². The largest absolute Gasteiger partial charge is 0.316 e. The van der Waals surface area contributed by atoms with E-state index in [9.17, 15) is 10.1 Å². The van der Waals surface area contributed by atoms with Gasteiger partial charge in [0.1, 0.15) is 0 Å². The molecule has 0 fully saturated rings. The predicted molar refractivity (Wildman–Crippen MR) is 95.4 cm³/mol. The second-order valence-corrected chi connectivity index (χ2v) is 5.54. The van der Waals surface area contributed by atoms with Crippen LogP contribution in [0.3, 0.4) is 0 Å². The lowest BCUT2D eigenvalue weighted by Crippen LogP contribution is -1.96. The van der Waals surface area contributed by atoms with Gasteiger partial charge in [-0.3, -0.25) is 10.1 Å². The quantitative estimate of drug-likeness (QED) is 0.385. The molecule has 4 rings (SSSR count). The summed E-state index contributed by atoms with van der Waals surface area (Å²) >= 11 is 0. The molecule has 4 nitrogen and oxygen atoms in total. The van der Waals surface area contributed by atoms with Crippen molar-refractivity contribution in [1.29, 1.82) is 0 Å². The number of fused-ring (bicyclic) bond motifs is 1. The molecule has 24 heavy (non-hydrogen) atoms. The highest BCUT2D eigenvalue weighted by atomic mass is 16.6. The second-order valence-electron chi connectivity index (χ2n) is 5.54. The third kappa shape index (κ3) is 2.25. The molecule has 0 spiro atoms. The van der Waals surface area contributed by atoms with E-state index in [0.29, 0.717) is 5.56 Å². The molecule has 0 radical (unpaired) electrons. The van der Waals surface area contributed by atoms with Crippen LogP contribution in [0, 0.1) is 10.1 Å². The highest BCUT2D eigenvalue weighted by Crippen LogP contribution is 2.36. The number of nitro groups is 1. The zero-order chi connectivity index (χ0) is 16.5. The Hall–Kier alpha value is -3.40. The maximum Gasteiger partial charge on any atom is 0.277 e. The molecule has 0 aliphatic heterocycles. The van der Waals surface area contributed by atoms with E-state index in [4.69, 9.17) is 0 Å². The molecule has 0 N–H and O–H groups in total. The van der Waals surface area contributed by atoms with Gasteiger partial charge in [0.15, 0.2) is 0 Å². The first-order chi connectivity index (χ1) is 11.8. The Morgan fingerprint density at radius 1 is 0.750 bits per heavy atom. The van der Waals surface area contributed by atoms with Gasteiger partial charge in [0.25, 0.3) is 5.69 Å². The molecule has 0 unspecified atom stereocenters. The Bertz CT molecular complexity index is 1040. The minimum absolute atomic E-state index is 0.116. The topological polar surface area (TPSA) is 48.1 Å². The summed E-state index contributed by atoms with van der Waals surface area (Å²) in [6.45, 7) is 0. The fraction of sp³-hybridized carbons (Fsp3) is 0. The van der Waals surface area contributed by atoms with Crippen LogP contribution in [0.2, 0.25) is 0 Å². The van der Waals surface area contributed by atoms with Gasteiger partial charge < -0.3 is 4.57 Å². The molecule has 4 heteroatoms. The van der Waals surface area contributed by atoms with Crippen molar-refractivity contribution in [2.24, 2.45) is 0 Å².